The molecule has 2 rings (SSSR count). The number of nitrogens with zero attached hydrogens (tertiary/aromatic N) is 1. The predicted molar refractivity (Wildman–Crippen MR) is 106 cm³/mol. The summed E-state index contributed by atoms with van der Waals surface area (Å²) in [5.74, 6) is -2.14. The Balaban J connectivity index is 2.43. The molecule has 1 atom stereocenters. The van der Waals surface area contributed by atoms with Crippen LogP contribution in [0.1, 0.15) is 68.2 Å². The minimum absolute atomic E-state index is 0.0612. The second-order valence-electron chi connectivity index (χ2n) is 7.79. The molecule has 1 aromatic rings. The van der Waals surface area contributed by atoms with Gasteiger partial charge in [0.2, 0.25) is 0 Å². The molecular weight excluding hydrogens is 374 g/mol. The van der Waals surface area contributed by atoms with Crippen LogP contribution >= 0.6 is 0 Å². The summed E-state index contributed by atoms with van der Waals surface area (Å²) in [6.45, 7) is 8.88. The van der Waals surface area contributed by atoms with E-state index in [1.54, 1.807) is 38.1 Å². The van der Waals surface area contributed by atoms with Gasteiger partial charge in [-0.15, -0.1) is 0 Å². The Morgan fingerprint density at radius 3 is 1.79 bits per heavy atom. The topological polar surface area (TPSA) is 90.0 Å². The number of rotatable bonds is 9. The normalized spacial score (nSPS) is 14.8. The second kappa shape index (κ2) is 9.20. The molecule has 0 unspecified atom stereocenters. The molecule has 0 N–H and O–H groups in total. The molecule has 0 saturated carbocycles. The molecule has 0 fully saturated rings. The summed E-state index contributed by atoms with van der Waals surface area (Å²) in [4.78, 5) is 52.5. The molecule has 0 spiro atoms. The van der Waals surface area contributed by atoms with Gasteiger partial charge >= 0.3 is 11.9 Å². The fourth-order valence-electron chi connectivity index (χ4n) is 3.67. The average molecular weight is 403 g/mol. The number of ether oxygens (including phenoxy) is 2. The average Bonchev–Trinajstić information content (AvgIpc) is 2.92. The lowest BCUT2D eigenvalue weighted by Gasteiger charge is -2.34. The summed E-state index contributed by atoms with van der Waals surface area (Å²) in [5.41, 5.74) is -0.957. The molecule has 1 heterocycles. The molecule has 0 aromatic heterocycles. The van der Waals surface area contributed by atoms with E-state index in [4.69, 9.17) is 9.47 Å². The van der Waals surface area contributed by atoms with Crippen molar-refractivity contribution in [2.75, 3.05) is 13.2 Å². The van der Waals surface area contributed by atoms with Crippen molar-refractivity contribution >= 4 is 23.8 Å². The number of carbonyl (C=O) groups excluding carboxylic acids is 4. The van der Waals surface area contributed by atoms with Gasteiger partial charge < -0.3 is 9.47 Å². The first-order valence-corrected chi connectivity index (χ1v) is 9.98. The van der Waals surface area contributed by atoms with Crippen LogP contribution in [0.25, 0.3) is 0 Å². The van der Waals surface area contributed by atoms with Gasteiger partial charge in [-0.25, -0.2) is 0 Å². The minimum Gasteiger partial charge on any atom is -0.465 e. The number of hydrogen-bond donors (Lipinski definition) is 0. The van der Waals surface area contributed by atoms with Gasteiger partial charge in [-0.2, -0.15) is 0 Å². The standard InChI is InChI=1S/C22H29NO6/c1-6-28-20(26)22(5,21(27)29-7-2)13-15(12-14(3)4)23-18(24)16-10-8-9-11-17(16)19(23)25/h8-11,14-15H,6-7,12-13H2,1-5H3/t15-/m0/s1. The highest BCUT2D eigenvalue weighted by Gasteiger charge is 2.50. The SMILES string of the molecule is CCOC(=O)C(C)(C[C@H](CC(C)C)N1C(=O)c2ccccc2C1=O)C(=O)OCC. The molecule has 0 radical (unpaired) electrons. The van der Waals surface area contributed by atoms with Gasteiger partial charge in [0, 0.05) is 6.04 Å². The first-order valence-electron chi connectivity index (χ1n) is 9.98. The molecule has 7 heteroatoms. The number of esters is 2. The maximum Gasteiger partial charge on any atom is 0.323 e. The van der Waals surface area contributed by atoms with E-state index < -0.39 is 35.2 Å². The lowest BCUT2D eigenvalue weighted by molar-refractivity contribution is -0.172. The quantitative estimate of drug-likeness (QED) is 0.357. The Bertz CT molecular complexity index is 747. The predicted octanol–water partition coefficient (Wildman–Crippen LogP) is 3.22. The third kappa shape index (κ3) is 4.49. The summed E-state index contributed by atoms with van der Waals surface area (Å²) in [6, 6.07) is 5.97. The van der Waals surface area contributed by atoms with Crippen LogP contribution in [0.3, 0.4) is 0 Å². The van der Waals surface area contributed by atoms with Crippen LogP contribution in [0.2, 0.25) is 0 Å². The minimum atomic E-state index is -1.62. The van der Waals surface area contributed by atoms with Crippen molar-refractivity contribution < 1.29 is 28.7 Å². The number of fused-ring (bicyclic) bond motifs is 1. The Morgan fingerprint density at radius 1 is 0.966 bits per heavy atom. The Kier molecular flexibility index (Phi) is 7.16. The molecule has 0 aliphatic carbocycles. The summed E-state index contributed by atoms with van der Waals surface area (Å²) >= 11 is 0. The van der Waals surface area contributed by atoms with E-state index in [0.29, 0.717) is 17.5 Å². The van der Waals surface area contributed by atoms with Crippen LogP contribution in [0.15, 0.2) is 24.3 Å². The smallest absolute Gasteiger partial charge is 0.323 e. The number of benzene rings is 1. The van der Waals surface area contributed by atoms with Gasteiger partial charge in [-0.1, -0.05) is 26.0 Å². The zero-order valence-electron chi connectivity index (χ0n) is 17.7. The van der Waals surface area contributed by atoms with E-state index in [1.807, 2.05) is 13.8 Å². The van der Waals surface area contributed by atoms with Crippen molar-refractivity contribution in [3.8, 4) is 0 Å². The second-order valence-corrected chi connectivity index (χ2v) is 7.79. The Hall–Kier alpha value is -2.70. The van der Waals surface area contributed by atoms with E-state index in [0.717, 1.165) is 0 Å². The summed E-state index contributed by atoms with van der Waals surface area (Å²) in [5, 5.41) is 0. The van der Waals surface area contributed by atoms with E-state index in [1.165, 1.54) is 11.8 Å². The molecule has 158 valence electrons. The van der Waals surface area contributed by atoms with Crippen LogP contribution < -0.4 is 0 Å². The van der Waals surface area contributed by atoms with Gasteiger partial charge in [0.25, 0.3) is 11.8 Å². The number of carbonyl (C=O) groups is 4. The van der Waals surface area contributed by atoms with Crippen LogP contribution in [0.4, 0.5) is 0 Å². The molecule has 7 nitrogen and oxygen atoms in total. The monoisotopic (exact) mass is 403 g/mol. The molecule has 29 heavy (non-hydrogen) atoms. The molecular formula is C22H29NO6. The number of amides is 2. The van der Waals surface area contributed by atoms with Crippen LogP contribution in [-0.4, -0.2) is 47.9 Å². The number of hydrogen-bond acceptors (Lipinski definition) is 6. The zero-order chi connectivity index (χ0) is 21.8. The molecule has 0 saturated heterocycles. The highest BCUT2D eigenvalue weighted by molar-refractivity contribution is 6.21. The van der Waals surface area contributed by atoms with E-state index in [9.17, 15) is 19.2 Å². The van der Waals surface area contributed by atoms with Gasteiger partial charge in [-0.3, -0.25) is 24.1 Å². The van der Waals surface area contributed by atoms with Gasteiger partial charge in [0.1, 0.15) is 0 Å². The first kappa shape index (κ1) is 22.6. The van der Waals surface area contributed by atoms with Crippen LogP contribution in [0, 0.1) is 11.3 Å². The molecule has 1 aliphatic heterocycles. The molecule has 1 aliphatic rings. The lowest BCUT2D eigenvalue weighted by atomic mass is 9.80. The van der Waals surface area contributed by atoms with Crippen LogP contribution in [-0.2, 0) is 19.1 Å². The highest BCUT2D eigenvalue weighted by Crippen LogP contribution is 2.35. The van der Waals surface area contributed by atoms with Gasteiger partial charge in [0.15, 0.2) is 5.41 Å². The van der Waals surface area contributed by atoms with Crippen molar-refractivity contribution in [2.24, 2.45) is 11.3 Å². The van der Waals surface area contributed by atoms with E-state index in [-0.39, 0.29) is 25.6 Å². The van der Waals surface area contributed by atoms with Crippen molar-refractivity contribution in [3.05, 3.63) is 35.4 Å². The first-order chi connectivity index (χ1) is 13.7. The fraction of sp³-hybridized carbons (Fsp3) is 0.545. The maximum absolute atomic E-state index is 13.0. The highest BCUT2D eigenvalue weighted by atomic mass is 16.6. The fourth-order valence-corrected chi connectivity index (χ4v) is 3.67. The van der Waals surface area contributed by atoms with E-state index >= 15 is 0 Å². The van der Waals surface area contributed by atoms with Crippen molar-refractivity contribution in [3.63, 3.8) is 0 Å². The maximum atomic E-state index is 13.0. The van der Waals surface area contributed by atoms with E-state index in [2.05, 4.69) is 0 Å². The third-order valence-electron chi connectivity index (χ3n) is 5.03. The van der Waals surface area contributed by atoms with Crippen molar-refractivity contribution in [1.29, 1.82) is 0 Å². The van der Waals surface area contributed by atoms with Gasteiger partial charge in [0.05, 0.1) is 24.3 Å². The molecule has 2 amide bonds. The largest absolute Gasteiger partial charge is 0.465 e. The lowest BCUT2D eigenvalue weighted by Crippen LogP contribution is -2.48. The summed E-state index contributed by atoms with van der Waals surface area (Å²) in [7, 11) is 0. The Labute approximate surface area is 171 Å². The number of imide groups is 1. The molecule has 0 bridgehead atoms. The van der Waals surface area contributed by atoms with Crippen molar-refractivity contribution in [2.45, 2.75) is 53.5 Å². The third-order valence-corrected chi connectivity index (χ3v) is 5.03. The Morgan fingerprint density at radius 2 is 1.41 bits per heavy atom. The van der Waals surface area contributed by atoms with Crippen molar-refractivity contribution in [1.82, 2.24) is 4.90 Å². The van der Waals surface area contributed by atoms with Gasteiger partial charge in [-0.05, 0) is 51.7 Å². The molecule has 1 aromatic carbocycles. The van der Waals surface area contributed by atoms with Crippen LogP contribution in [0.5, 0.6) is 0 Å². The summed E-state index contributed by atoms with van der Waals surface area (Å²) in [6.07, 6.45) is 0.383. The zero-order valence-corrected chi connectivity index (χ0v) is 17.7. The summed E-state index contributed by atoms with van der Waals surface area (Å²) < 4.78 is 10.3.